The molecule has 3 aromatic rings. The highest BCUT2D eigenvalue weighted by Crippen LogP contribution is 2.21. The highest BCUT2D eigenvalue weighted by molar-refractivity contribution is 6.30. The number of carbonyl (C=O) groups is 1. The van der Waals surface area contributed by atoms with Crippen LogP contribution in [-0.4, -0.2) is 22.2 Å². The second kappa shape index (κ2) is 7.58. The average Bonchev–Trinajstić information content (AvgIpc) is 3.07. The summed E-state index contributed by atoms with van der Waals surface area (Å²) in [5, 5.41) is 6.96. The smallest absolute Gasteiger partial charge is 0.270 e. The van der Waals surface area contributed by atoms with E-state index in [-0.39, 0.29) is 11.9 Å². The van der Waals surface area contributed by atoms with Gasteiger partial charge in [-0.05, 0) is 73.5 Å². The number of aryl methyl sites for hydroxylation is 2. The quantitative estimate of drug-likeness (QED) is 0.718. The van der Waals surface area contributed by atoms with E-state index in [0.717, 1.165) is 11.1 Å². The molecular formula is C19H18ClN3O3. The maximum absolute atomic E-state index is 12.3. The first-order chi connectivity index (χ1) is 12.4. The zero-order valence-electron chi connectivity index (χ0n) is 14.6. The van der Waals surface area contributed by atoms with Crippen molar-refractivity contribution < 1.29 is 14.1 Å². The van der Waals surface area contributed by atoms with Gasteiger partial charge in [-0.15, -0.1) is 0 Å². The number of carbonyl (C=O) groups excluding carboxylic acids is 1. The van der Waals surface area contributed by atoms with Crippen molar-refractivity contribution in [1.82, 2.24) is 10.1 Å². The van der Waals surface area contributed by atoms with Gasteiger partial charge in [0, 0.05) is 10.6 Å². The Morgan fingerprint density at radius 3 is 2.58 bits per heavy atom. The summed E-state index contributed by atoms with van der Waals surface area (Å²) in [6.45, 7) is 5.67. The fraction of sp³-hybridized carbons (Fsp3) is 0.211. The number of nitrogens with one attached hydrogen (secondary N) is 1. The van der Waals surface area contributed by atoms with Crippen molar-refractivity contribution in [2.45, 2.75) is 26.9 Å². The number of amides is 1. The van der Waals surface area contributed by atoms with E-state index in [1.54, 1.807) is 31.2 Å². The van der Waals surface area contributed by atoms with Crippen LogP contribution < -0.4 is 10.1 Å². The van der Waals surface area contributed by atoms with Gasteiger partial charge in [0.15, 0.2) is 6.10 Å². The highest BCUT2D eigenvalue weighted by atomic mass is 35.5. The molecule has 0 aliphatic rings. The summed E-state index contributed by atoms with van der Waals surface area (Å²) in [5.41, 5.74) is 2.97. The summed E-state index contributed by atoms with van der Waals surface area (Å²) < 4.78 is 10.8. The number of ether oxygens (including phenoxy) is 1. The van der Waals surface area contributed by atoms with Gasteiger partial charge in [0.1, 0.15) is 5.75 Å². The summed E-state index contributed by atoms with van der Waals surface area (Å²) in [6.07, 6.45) is -0.713. The van der Waals surface area contributed by atoms with E-state index < -0.39 is 6.10 Å². The predicted octanol–water partition coefficient (Wildman–Crippen LogP) is 4.41. The number of halogens is 1. The first-order valence-corrected chi connectivity index (χ1v) is 8.44. The molecule has 3 rings (SSSR count). The topological polar surface area (TPSA) is 77.2 Å². The van der Waals surface area contributed by atoms with E-state index >= 15 is 0 Å². The maximum atomic E-state index is 12.3. The van der Waals surface area contributed by atoms with Crippen LogP contribution in [0.1, 0.15) is 18.1 Å². The predicted molar refractivity (Wildman–Crippen MR) is 99.4 cm³/mol. The SMILES string of the molecule is Cc1ccc(O[C@@H](C)C(=O)Nc2noc(-c3ccc(Cl)cc3)n2)cc1C. The lowest BCUT2D eigenvalue weighted by atomic mass is 10.1. The van der Waals surface area contributed by atoms with Gasteiger partial charge in [-0.2, -0.15) is 4.98 Å². The molecule has 0 saturated heterocycles. The van der Waals surface area contributed by atoms with Gasteiger partial charge in [0.05, 0.1) is 0 Å². The molecule has 0 saturated carbocycles. The van der Waals surface area contributed by atoms with Crippen molar-refractivity contribution in [2.75, 3.05) is 5.32 Å². The van der Waals surface area contributed by atoms with Crippen LogP contribution in [0.5, 0.6) is 5.75 Å². The van der Waals surface area contributed by atoms with Gasteiger partial charge in [0.25, 0.3) is 17.7 Å². The normalized spacial score (nSPS) is 11.8. The summed E-state index contributed by atoms with van der Waals surface area (Å²) >= 11 is 5.86. The molecule has 7 heteroatoms. The van der Waals surface area contributed by atoms with Gasteiger partial charge in [-0.25, -0.2) is 0 Å². The first-order valence-electron chi connectivity index (χ1n) is 8.07. The third kappa shape index (κ3) is 4.21. The standard InChI is InChI=1S/C19H18ClN3O3/c1-11-4-9-16(10-12(11)2)25-13(3)17(24)21-19-22-18(26-23-19)14-5-7-15(20)8-6-14/h4-10,13H,1-3H3,(H,21,23,24)/t13-/m0/s1. The number of nitrogens with zero attached hydrogens (tertiary/aromatic N) is 2. The molecule has 0 spiro atoms. The average molecular weight is 372 g/mol. The van der Waals surface area contributed by atoms with E-state index in [1.165, 1.54) is 0 Å². The van der Waals surface area contributed by atoms with E-state index in [1.807, 2.05) is 32.0 Å². The number of anilines is 1. The third-order valence-corrected chi connectivity index (χ3v) is 4.16. The van der Waals surface area contributed by atoms with Crippen LogP contribution in [0, 0.1) is 13.8 Å². The lowest BCUT2D eigenvalue weighted by Gasteiger charge is -2.14. The summed E-state index contributed by atoms with van der Waals surface area (Å²) in [7, 11) is 0. The molecule has 6 nitrogen and oxygen atoms in total. The van der Waals surface area contributed by atoms with E-state index in [4.69, 9.17) is 20.9 Å². The van der Waals surface area contributed by atoms with Crippen molar-refractivity contribution >= 4 is 23.5 Å². The summed E-state index contributed by atoms with van der Waals surface area (Å²) in [6, 6.07) is 12.6. The van der Waals surface area contributed by atoms with Crippen molar-refractivity contribution in [3.8, 4) is 17.2 Å². The maximum Gasteiger partial charge on any atom is 0.270 e. The molecule has 0 aliphatic heterocycles. The lowest BCUT2D eigenvalue weighted by Crippen LogP contribution is -2.30. The van der Waals surface area contributed by atoms with Crippen LogP contribution in [0.4, 0.5) is 5.95 Å². The Morgan fingerprint density at radius 2 is 1.88 bits per heavy atom. The number of benzene rings is 2. The van der Waals surface area contributed by atoms with Crippen LogP contribution in [0.25, 0.3) is 11.5 Å². The molecule has 0 unspecified atom stereocenters. The van der Waals surface area contributed by atoms with Crippen molar-refractivity contribution in [2.24, 2.45) is 0 Å². The Morgan fingerprint density at radius 1 is 1.15 bits per heavy atom. The van der Waals surface area contributed by atoms with Gasteiger partial charge in [0.2, 0.25) is 0 Å². The monoisotopic (exact) mass is 371 g/mol. The molecule has 0 aliphatic carbocycles. The fourth-order valence-electron chi connectivity index (χ4n) is 2.24. The van der Waals surface area contributed by atoms with Crippen LogP contribution in [0.2, 0.25) is 5.02 Å². The van der Waals surface area contributed by atoms with Crippen molar-refractivity contribution in [3.05, 3.63) is 58.6 Å². The molecule has 134 valence electrons. The number of rotatable bonds is 5. The zero-order valence-corrected chi connectivity index (χ0v) is 15.4. The molecule has 0 bridgehead atoms. The summed E-state index contributed by atoms with van der Waals surface area (Å²) in [4.78, 5) is 16.4. The Bertz CT molecular complexity index is 922. The van der Waals surface area contributed by atoms with E-state index in [0.29, 0.717) is 22.2 Å². The zero-order chi connectivity index (χ0) is 18.7. The van der Waals surface area contributed by atoms with Crippen molar-refractivity contribution in [1.29, 1.82) is 0 Å². The van der Waals surface area contributed by atoms with Gasteiger partial charge in [-0.3, -0.25) is 10.1 Å². The van der Waals surface area contributed by atoms with Gasteiger partial charge < -0.3 is 9.26 Å². The van der Waals surface area contributed by atoms with Crippen molar-refractivity contribution in [3.63, 3.8) is 0 Å². The second-order valence-electron chi connectivity index (χ2n) is 5.93. The van der Waals surface area contributed by atoms with Gasteiger partial charge >= 0.3 is 0 Å². The summed E-state index contributed by atoms with van der Waals surface area (Å²) in [5.74, 6) is 0.632. The minimum atomic E-state index is -0.713. The minimum Gasteiger partial charge on any atom is -0.481 e. The fourth-order valence-corrected chi connectivity index (χ4v) is 2.37. The Labute approximate surface area is 156 Å². The minimum absolute atomic E-state index is 0.0792. The largest absolute Gasteiger partial charge is 0.481 e. The molecule has 2 aromatic carbocycles. The number of hydrogen-bond donors (Lipinski definition) is 1. The second-order valence-corrected chi connectivity index (χ2v) is 6.36. The van der Waals surface area contributed by atoms with Crippen LogP contribution in [0.15, 0.2) is 47.0 Å². The Balaban J connectivity index is 1.64. The molecule has 1 heterocycles. The molecule has 26 heavy (non-hydrogen) atoms. The van der Waals surface area contributed by atoms with Gasteiger partial charge in [-0.1, -0.05) is 17.7 Å². The Hall–Kier alpha value is -2.86. The third-order valence-electron chi connectivity index (χ3n) is 3.91. The van der Waals surface area contributed by atoms with Crippen LogP contribution >= 0.6 is 11.6 Å². The Kier molecular flexibility index (Phi) is 5.23. The first kappa shape index (κ1) is 17.9. The number of hydrogen-bond acceptors (Lipinski definition) is 5. The van der Waals surface area contributed by atoms with E-state index in [2.05, 4.69) is 15.5 Å². The van der Waals surface area contributed by atoms with Crippen LogP contribution in [0.3, 0.4) is 0 Å². The van der Waals surface area contributed by atoms with E-state index in [9.17, 15) is 4.79 Å². The molecule has 1 aromatic heterocycles. The highest BCUT2D eigenvalue weighted by Gasteiger charge is 2.18. The molecule has 1 N–H and O–H groups in total. The number of aromatic nitrogens is 2. The molecule has 1 atom stereocenters. The molecular weight excluding hydrogens is 354 g/mol. The van der Waals surface area contributed by atoms with Crippen LogP contribution in [-0.2, 0) is 4.79 Å². The molecule has 1 amide bonds. The molecule has 0 fully saturated rings. The lowest BCUT2D eigenvalue weighted by molar-refractivity contribution is -0.122. The molecule has 0 radical (unpaired) electrons.